The lowest BCUT2D eigenvalue weighted by Gasteiger charge is -2.48. The maximum Gasteiger partial charge on any atom is 0.591 e. The third-order valence-corrected chi connectivity index (χ3v) is 21.1. The quantitative estimate of drug-likeness (QED) is 0.0323. The van der Waals surface area contributed by atoms with Crippen LogP contribution in [0.5, 0.6) is 0 Å². The summed E-state index contributed by atoms with van der Waals surface area (Å²) in [5.41, 5.74) is -0.752. The van der Waals surface area contributed by atoms with Gasteiger partial charge >= 0.3 is 20.3 Å². The van der Waals surface area contributed by atoms with Crippen molar-refractivity contribution in [1.29, 1.82) is 5.26 Å². The molecule has 1 fully saturated rings. The lowest BCUT2D eigenvalue weighted by atomic mass is 9.71. The molecule has 1 amide bonds. The van der Waals surface area contributed by atoms with Crippen molar-refractivity contribution in [2.75, 3.05) is 33.0 Å². The van der Waals surface area contributed by atoms with Crippen LogP contribution in [0, 0.1) is 24.2 Å². The Bertz CT molecular complexity index is 2640. The lowest BCUT2D eigenvalue weighted by molar-refractivity contribution is -0.180. The third kappa shape index (κ3) is 37.8. The monoisotopic (exact) mass is 1410 g/mol. The molecule has 2 heterocycles. The molecule has 1 aromatic carbocycles. The second-order valence-electron chi connectivity index (χ2n) is 29.2. The number of benzene rings is 1. The van der Waals surface area contributed by atoms with Gasteiger partial charge in [-0.1, -0.05) is 352 Å². The Morgan fingerprint density at radius 2 is 1.07 bits per heavy atom. The Morgan fingerprint density at radius 3 is 1.52 bits per heavy atom. The van der Waals surface area contributed by atoms with Crippen LogP contribution in [0.4, 0.5) is 0 Å². The molecular weight excluding hydrogens is 1270 g/mol. The SMILES string of the molecule is CCCCCCCCCCCCCCCCCCOC1=C(C(NC(=O)CCC(=O)O)c2ccccc2)C=CC(OCCCCCCCCCCCCCCCCCC)C1(OCCCCCCCCCCCCCCCCCC)[C@@H]1C[C@H](n2cc(C)c(=O)[nH]c2=O)O[C@@H]1C[O+]=POCCC#N. The molecule has 0 spiro atoms. The highest BCUT2D eigenvalue weighted by Crippen LogP contribution is 2.52. The summed E-state index contributed by atoms with van der Waals surface area (Å²) < 4.78 is 43.3. The number of aryl methyl sites for hydroxylation is 1. The number of unbranched alkanes of at least 4 members (excludes halogenated alkanes) is 45. The van der Waals surface area contributed by atoms with Gasteiger partial charge in [0.2, 0.25) is 5.91 Å². The van der Waals surface area contributed by atoms with Crippen molar-refractivity contribution < 1.29 is 42.4 Å². The molecule has 1 aromatic heterocycles. The van der Waals surface area contributed by atoms with Crippen LogP contribution in [0.3, 0.4) is 0 Å². The summed E-state index contributed by atoms with van der Waals surface area (Å²) >= 11 is 0. The maximum absolute atomic E-state index is 14.2. The number of nitrogens with one attached hydrogen (secondary N) is 2. The van der Waals surface area contributed by atoms with Crippen LogP contribution in [0.1, 0.15) is 378 Å². The molecule has 3 N–H and O–H groups in total. The number of hydrogen-bond donors (Lipinski definition) is 3. The van der Waals surface area contributed by atoms with Gasteiger partial charge in [-0.05, 0) is 31.7 Å². The number of amides is 1. The number of aromatic nitrogens is 2. The van der Waals surface area contributed by atoms with E-state index in [9.17, 15) is 29.5 Å². The molecule has 3 unspecified atom stereocenters. The van der Waals surface area contributed by atoms with E-state index >= 15 is 0 Å². The molecule has 4 rings (SSSR count). The highest BCUT2D eigenvalue weighted by atomic mass is 31.1. The number of carbonyl (C=O) groups is 2. The molecule has 1 aliphatic carbocycles. The second-order valence-corrected chi connectivity index (χ2v) is 29.9. The zero-order chi connectivity index (χ0) is 71.6. The minimum atomic E-state index is -1.45. The highest BCUT2D eigenvalue weighted by Gasteiger charge is 2.61. The fourth-order valence-corrected chi connectivity index (χ4v) is 15.0. The molecule has 6 atom stereocenters. The summed E-state index contributed by atoms with van der Waals surface area (Å²) in [6.07, 6.45) is 62.7. The van der Waals surface area contributed by atoms with Crippen molar-refractivity contribution in [3.05, 3.63) is 92.0 Å². The van der Waals surface area contributed by atoms with E-state index in [1.807, 2.05) is 36.4 Å². The van der Waals surface area contributed by atoms with E-state index in [4.69, 9.17) is 27.7 Å². The molecule has 1 aliphatic heterocycles. The van der Waals surface area contributed by atoms with Gasteiger partial charge in [0.05, 0.1) is 38.2 Å². The Balaban J connectivity index is 1.72. The normalized spacial score (nSPS) is 17.9. The van der Waals surface area contributed by atoms with Crippen LogP contribution >= 0.6 is 8.69 Å². The van der Waals surface area contributed by atoms with Crippen LogP contribution in [0.15, 0.2) is 69.6 Å². The van der Waals surface area contributed by atoms with Crippen LogP contribution < -0.4 is 16.6 Å². The summed E-state index contributed by atoms with van der Waals surface area (Å²) in [7, 11) is 0.193. The average molecular weight is 1420 g/mol. The van der Waals surface area contributed by atoms with E-state index in [2.05, 4.69) is 43.2 Å². The van der Waals surface area contributed by atoms with Crippen molar-refractivity contribution in [2.45, 2.75) is 392 Å². The summed E-state index contributed by atoms with van der Waals surface area (Å²) in [6, 6.07) is 11.1. The van der Waals surface area contributed by atoms with E-state index in [1.54, 1.807) is 13.1 Å². The lowest BCUT2D eigenvalue weighted by Crippen LogP contribution is -2.58. The van der Waals surface area contributed by atoms with Gasteiger partial charge < -0.3 is 29.4 Å². The van der Waals surface area contributed by atoms with Crippen LogP contribution in [-0.4, -0.2) is 77.4 Å². The Morgan fingerprint density at radius 1 is 0.630 bits per heavy atom. The summed E-state index contributed by atoms with van der Waals surface area (Å²) in [5.74, 6) is -1.62. The topological polar surface area (TPSA) is 202 Å². The minimum absolute atomic E-state index is 0.00184. The van der Waals surface area contributed by atoms with Gasteiger partial charge in [-0.3, -0.25) is 23.9 Å². The number of nitrogens with zero attached hydrogens (tertiary/aromatic N) is 2. The van der Waals surface area contributed by atoms with Gasteiger partial charge in [0, 0.05) is 49.3 Å². The van der Waals surface area contributed by atoms with Crippen LogP contribution in [-0.2, 0) is 37.3 Å². The first-order valence-electron chi connectivity index (χ1n) is 41.3. The van der Waals surface area contributed by atoms with Crippen LogP contribution in [0.25, 0.3) is 0 Å². The van der Waals surface area contributed by atoms with E-state index in [1.165, 1.54) is 242 Å². The number of H-pyrrole nitrogens is 1. The summed E-state index contributed by atoms with van der Waals surface area (Å²) in [4.78, 5) is 55.7. The van der Waals surface area contributed by atoms with Crippen molar-refractivity contribution in [3.8, 4) is 6.07 Å². The predicted octanol–water partition coefficient (Wildman–Crippen LogP) is 22.9. The number of nitriles is 1. The van der Waals surface area contributed by atoms with Crippen molar-refractivity contribution in [1.82, 2.24) is 14.9 Å². The predicted molar refractivity (Wildman–Crippen MR) is 410 cm³/mol. The van der Waals surface area contributed by atoms with Gasteiger partial charge in [0.25, 0.3) is 12.2 Å². The molecule has 15 nitrogen and oxygen atoms in total. The number of aromatic amines is 1. The van der Waals surface area contributed by atoms with E-state index in [0.29, 0.717) is 36.7 Å². The van der Waals surface area contributed by atoms with Gasteiger partial charge in [-0.25, -0.2) is 13.5 Å². The maximum atomic E-state index is 14.2. The number of rotatable bonds is 67. The Hall–Kier alpha value is -4.45. The fourth-order valence-electron chi connectivity index (χ4n) is 14.6. The first-order valence-corrected chi connectivity index (χ1v) is 42.0. The molecule has 0 saturated carbocycles. The zero-order valence-electron chi connectivity index (χ0n) is 63.7. The average Bonchev–Trinajstić information content (AvgIpc) is 1.34. The molecule has 1 saturated heterocycles. The number of hydrogen-bond acceptors (Lipinski definition) is 10. The number of carboxylic acid groups (broad SMARTS) is 1. The number of carbonyl (C=O) groups excluding carboxylic acids is 1. The number of ether oxygens (including phenoxy) is 4. The number of carboxylic acids is 1. The summed E-state index contributed by atoms with van der Waals surface area (Å²) in [6.45, 7) is 9.81. The standard InChI is InChI=1S/C84H141N4O11P/c1-5-8-11-14-17-20-23-26-29-32-35-38-41-44-47-53-64-94-76-60-59-73(80(72-57-51-50-52-58-72)86-77(89)61-62-79(90)91)81(95-65-54-48-45-42-39-36-33-30-27-24-21-18-15-12-9-6-2)84(76,96-66-55-49-46-43-40-37-34-31-28-25-22-19-16-13-10-7-3)74-68-78(88-69-71(4)82(92)87-83(88)93)99-75(74)70-98-100-97-67-56-63-85/h50-52,57-60,69,74-76,78,80H,5-49,53-56,61-62,64-68,70H2,1-4H3,(H2-,86,87,89,90,91,92,93)/p+1/t74-,75-,76?,78-,80?,84?/m1/s1. The summed E-state index contributed by atoms with van der Waals surface area (Å²) in [5, 5.41) is 22.4. The Labute approximate surface area is 608 Å². The molecule has 16 heteroatoms. The second kappa shape index (κ2) is 58.9. The highest BCUT2D eigenvalue weighted by molar-refractivity contribution is 7.17. The molecule has 2 aliphatic rings. The molecular formula is C84H142N4O11P+. The third-order valence-electron chi connectivity index (χ3n) is 20.6. The van der Waals surface area contributed by atoms with Gasteiger partial charge in [-0.2, -0.15) is 5.26 Å². The first kappa shape index (κ1) is 88.0. The Kier molecular flexibility index (Phi) is 51.8. The molecule has 2 aromatic rings. The van der Waals surface area contributed by atoms with E-state index in [0.717, 1.165) is 76.2 Å². The molecule has 100 heavy (non-hydrogen) atoms. The van der Waals surface area contributed by atoms with Crippen LogP contribution in [0.2, 0.25) is 0 Å². The van der Waals surface area contributed by atoms with E-state index in [-0.39, 0.29) is 47.6 Å². The van der Waals surface area contributed by atoms with Crippen molar-refractivity contribution in [2.24, 2.45) is 5.92 Å². The smallest absolute Gasteiger partial charge is 0.494 e. The molecule has 568 valence electrons. The van der Waals surface area contributed by atoms with Gasteiger partial charge in [-0.15, -0.1) is 0 Å². The van der Waals surface area contributed by atoms with Crippen molar-refractivity contribution >= 4 is 20.6 Å². The minimum Gasteiger partial charge on any atom is -0.494 e. The molecule has 0 radical (unpaired) electrons. The molecule has 0 bridgehead atoms. The van der Waals surface area contributed by atoms with Gasteiger partial charge in [0.1, 0.15) is 18.1 Å². The number of aliphatic carboxylic acids is 1. The zero-order valence-corrected chi connectivity index (χ0v) is 64.6. The van der Waals surface area contributed by atoms with Crippen molar-refractivity contribution in [3.63, 3.8) is 0 Å². The largest absolute Gasteiger partial charge is 0.591 e. The first-order chi connectivity index (χ1) is 49.1. The fraction of sp³-hybridized carbons (Fsp3) is 0.798. The van der Waals surface area contributed by atoms with Gasteiger partial charge in [0.15, 0.2) is 11.7 Å². The van der Waals surface area contributed by atoms with E-state index < -0.39 is 59.1 Å².